The third-order valence-electron chi connectivity index (χ3n) is 5.95. The van der Waals surface area contributed by atoms with Crippen LogP contribution in [0.2, 0.25) is 5.02 Å². The molecule has 0 radical (unpaired) electrons. The number of fused-ring (bicyclic) bond motifs is 1. The van der Waals surface area contributed by atoms with Crippen LogP contribution in [0.15, 0.2) is 60.8 Å². The summed E-state index contributed by atoms with van der Waals surface area (Å²) >= 11 is 5.53. The fourth-order valence-electron chi connectivity index (χ4n) is 4.04. The second kappa shape index (κ2) is 10.4. The van der Waals surface area contributed by atoms with E-state index in [9.17, 15) is 8.78 Å². The molecule has 0 aliphatic carbocycles. The molecule has 0 atom stereocenters. The number of hydrogen-bond acceptors (Lipinski definition) is 1. The number of aryl methyl sites for hydroxylation is 3. The maximum atomic E-state index is 15.1. The van der Waals surface area contributed by atoms with Crippen molar-refractivity contribution in [2.24, 2.45) is 0 Å². The molecule has 1 heterocycles. The van der Waals surface area contributed by atoms with Crippen molar-refractivity contribution in [3.8, 4) is 11.3 Å². The molecule has 1 aromatic heterocycles. The van der Waals surface area contributed by atoms with Crippen LogP contribution in [-0.2, 0) is 19.3 Å². The van der Waals surface area contributed by atoms with Gasteiger partial charge in [0.15, 0.2) is 0 Å². The first-order chi connectivity index (χ1) is 16.0. The van der Waals surface area contributed by atoms with E-state index >= 15 is 4.39 Å². The van der Waals surface area contributed by atoms with Gasteiger partial charge >= 0.3 is 0 Å². The molecule has 0 bridgehead atoms. The average molecular weight is 468 g/mol. The van der Waals surface area contributed by atoms with E-state index in [4.69, 9.17) is 11.6 Å². The quantitative estimate of drug-likeness (QED) is 0.187. The molecule has 170 valence electrons. The van der Waals surface area contributed by atoms with Crippen molar-refractivity contribution < 1.29 is 13.2 Å². The molecular formula is C28H25ClF3N. The van der Waals surface area contributed by atoms with Crippen LogP contribution < -0.4 is 0 Å². The minimum Gasteiger partial charge on any atom is -0.256 e. The predicted octanol–water partition coefficient (Wildman–Crippen LogP) is 8.49. The van der Waals surface area contributed by atoms with Gasteiger partial charge in [0.25, 0.3) is 0 Å². The second-order valence-corrected chi connectivity index (χ2v) is 8.73. The average Bonchev–Trinajstić information content (AvgIpc) is 2.82. The summed E-state index contributed by atoms with van der Waals surface area (Å²) in [5, 5.41) is 0.777. The Hall–Kier alpha value is -2.85. The molecule has 4 aromatic rings. The fraction of sp³-hybridized carbons (Fsp3) is 0.250. The van der Waals surface area contributed by atoms with E-state index in [1.165, 1.54) is 30.5 Å². The van der Waals surface area contributed by atoms with Crippen molar-refractivity contribution in [2.45, 2.75) is 45.4 Å². The van der Waals surface area contributed by atoms with Crippen LogP contribution in [-0.4, -0.2) is 4.98 Å². The van der Waals surface area contributed by atoms with Crippen LogP contribution in [0.3, 0.4) is 0 Å². The van der Waals surface area contributed by atoms with Crippen molar-refractivity contribution in [1.29, 1.82) is 0 Å². The lowest BCUT2D eigenvalue weighted by Gasteiger charge is -2.10. The Kier molecular flexibility index (Phi) is 7.34. The Labute approximate surface area is 197 Å². The van der Waals surface area contributed by atoms with Crippen LogP contribution in [0.1, 0.15) is 42.9 Å². The first-order valence-corrected chi connectivity index (χ1v) is 11.6. The van der Waals surface area contributed by atoms with Crippen LogP contribution in [0.25, 0.3) is 22.0 Å². The van der Waals surface area contributed by atoms with E-state index in [-0.39, 0.29) is 5.82 Å². The van der Waals surface area contributed by atoms with Crippen molar-refractivity contribution in [1.82, 2.24) is 4.98 Å². The highest BCUT2D eigenvalue weighted by Crippen LogP contribution is 2.28. The van der Waals surface area contributed by atoms with Gasteiger partial charge in [-0.2, -0.15) is 0 Å². The van der Waals surface area contributed by atoms with Gasteiger partial charge in [0, 0.05) is 17.1 Å². The molecule has 0 amide bonds. The Morgan fingerprint density at radius 3 is 2.27 bits per heavy atom. The number of pyridine rings is 1. The van der Waals surface area contributed by atoms with Gasteiger partial charge in [0.05, 0.1) is 5.69 Å². The van der Waals surface area contributed by atoms with Gasteiger partial charge in [-0.25, -0.2) is 13.2 Å². The third kappa shape index (κ3) is 5.39. The summed E-state index contributed by atoms with van der Waals surface area (Å²) in [7, 11) is 0. The number of rotatable bonds is 8. The van der Waals surface area contributed by atoms with Crippen LogP contribution in [0, 0.1) is 17.5 Å². The fourth-order valence-corrected chi connectivity index (χ4v) is 4.15. The minimum absolute atomic E-state index is 0.306. The summed E-state index contributed by atoms with van der Waals surface area (Å²) in [4.78, 5) is 4.59. The van der Waals surface area contributed by atoms with E-state index in [0.29, 0.717) is 29.4 Å². The highest BCUT2D eigenvalue weighted by atomic mass is 35.5. The number of unbranched alkanes of at least 4 members (excludes halogenated alkanes) is 2. The molecule has 33 heavy (non-hydrogen) atoms. The molecule has 1 nitrogen and oxygen atoms in total. The Bertz CT molecular complexity index is 1250. The van der Waals surface area contributed by atoms with Crippen LogP contribution in [0.4, 0.5) is 13.2 Å². The smallest absolute Gasteiger partial charge is 0.145 e. The van der Waals surface area contributed by atoms with Crippen molar-refractivity contribution in [3.63, 3.8) is 0 Å². The molecule has 0 aliphatic rings. The summed E-state index contributed by atoms with van der Waals surface area (Å²) in [6.07, 6.45) is 7.15. The summed E-state index contributed by atoms with van der Waals surface area (Å²) in [6.45, 7) is 2.19. The van der Waals surface area contributed by atoms with Gasteiger partial charge in [-0.05, 0) is 72.0 Å². The van der Waals surface area contributed by atoms with E-state index in [1.54, 1.807) is 12.1 Å². The van der Waals surface area contributed by atoms with Gasteiger partial charge in [-0.3, -0.25) is 4.98 Å². The Balaban J connectivity index is 1.51. The molecule has 0 aliphatic heterocycles. The molecular weight excluding hydrogens is 443 g/mol. The zero-order valence-corrected chi connectivity index (χ0v) is 19.2. The molecule has 0 saturated heterocycles. The van der Waals surface area contributed by atoms with E-state index < -0.39 is 16.7 Å². The molecule has 0 unspecified atom stereocenters. The molecule has 0 spiro atoms. The largest absolute Gasteiger partial charge is 0.256 e. The third-order valence-corrected chi connectivity index (χ3v) is 6.31. The van der Waals surface area contributed by atoms with Gasteiger partial charge < -0.3 is 0 Å². The lowest BCUT2D eigenvalue weighted by Crippen LogP contribution is -1.98. The summed E-state index contributed by atoms with van der Waals surface area (Å²) in [5.74, 6) is -1.92. The van der Waals surface area contributed by atoms with Crippen LogP contribution >= 0.6 is 11.6 Å². The molecule has 0 fully saturated rings. The maximum absolute atomic E-state index is 15.1. The van der Waals surface area contributed by atoms with E-state index in [2.05, 4.69) is 18.0 Å². The zero-order chi connectivity index (χ0) is 23.4. The second-order valence-electron chi connectivity index (χ2n) is 8.36. The van der Waals surface area contributed by atoms with E-state index in [0.717, 1.165) is 29.5 Å². The van der Waals surface area contributed by atoms with Crippen molar-refractivity contribution in [2.75, 3.05) is 0 Å². The van der Waals surface area contributed by atoms with Crippen LogP contribution in [0.5, 0.6) is 0 Å². The Morgan fingerprint density at radius 1 is 0.788 bits per heavy atom. The Morgan fingerprint density at radius 2 is 1.58 bits per heavy atom. The molecule has 0 saturated carbocycles. The molecule has 3 aromatic carbocycles. The summed E-state index contributed by atoms with van der Waals surface area (Å²) in [5.41, 5.74) is 3.95. The predicted molar refractivity (Wildman–Crippen MR) is 129 cm³/mol. The number of halogens is 4. The SMILES string of the molecule is CCCCCc1ccc(-c2ccc3c(F)c(CCc4cc(F)c(Cl)c(F)c4)ccc3c2)nc1. The lowest BCUT2D eigenvalue weighted by atomic mass is 9.98. The minimum atomic E-state index is -0.805. The zero-order valence-electron chi connectivity index (χ0n) is 18.5. The molecule has 4 rings (SSSR count). The summed E-state index contributed by atoms with van der Waals surface area (Å²) < 4.78 is 42.5. The topological polar surface area (TPSA) is 12.9 Å². The molecule has 0 N–H and O–H groups in total. The monoisotopic (exact) mass is 467 g/mol. The summed E-state index contributed by atoms with van der Waals surface area (Å²) in [6, 6.07) is 15.7. The first kappa shape index (κ1) is 23.3. The highest BCUT2D eigenvalue weighted by Gasteiger charge is 2.12. The normalized spacial score (nSPS) is 11.3. The van der Waals surface area contributed by atoms with Gasteiger partial charge in [0.2, 0.25) is 0 Å². The van der Waals surface area contributed by atoms with Gasteiger partial charge in [-0.15, -0.1) is 0 Å². The van der Waals surface area contributed by atoms with Gasteiger partial charge in [-0.1, -0.05) is 61.7 Å². The van der Waals surface area contributed by atoms with E-state index in [1.807, 2.05) is 30.5 Å². The highest BCUT2D eigenvalue weighted by molar-refractivity contribution is 6.30. The van der Waals surface area contributed by atoms with Crippen molar-refractivity contribution >= 4 is 22.4 Å². The number of aromatic nitrogens is 1. The maximum Gasteiger partial charge on any atom is 0.145 e. The molecule has 5 heteroatoms. The number of nitrogens with zero attached hydrogens (tertiary/aromatic N) is 1. The number of benzene rings is 3. The number of hydrogen-bond donors (Lipinski definition) is 0. The standard InChI is InChI=1S/C28H25ClF3N/c1-2-3-4-5-18-7-13-26(33-17-18)22-11-12-23-21(16-22)10-9-20(28(23)32)8-6-19-14-24(30)27(29)25(31)15-19/h7,9-17H,2-6,8H2,1H3. The first-order valence-electron chi connectivity index (χ1n) is 11.3. The van der Waals surface area contributed by atoms with Gasteiger partial charge in [0.1, 0.15) is 22.5 Å². The van der Waals surface area contributed by atoms with Crippen molar-refractivity contribution in [3.05, 3.63) is 100.0 Å². The lowest BCUT2D eigenvalue weighted by molar-refractivity contribution is 0.579.